The third kappa shape index (κ3) is 4.31. The number of carbonyl (C=O) groups excluding carboxylic acids is 1. The monoisotopic (exact) mass is 422 g/mol. The van der Waals surface area contributed by atoms with Crippen LogP contribution in [0, 0.1) is 19.8 Å². The molecule has 1 N–H and O–H groups in total. The van der Waals surface area contributed by atoms with Crippen LogP contribution in [0.25, 0.3) is 11.0 Å². The number of benzene rings is 2. The Morgan fingerprint density at radius 2 is 1.87 bits per heavy atom. The molecular formula is C24H30N4O3. The summed E-state index contributed by atoms with van der Waals surface area (Å²) in [7, 11) is 3.15. The number of hydrogen-bond donors (Lipinski definition) is 1. The second kappa shape index (κ2) is 8.88. The SMILES string of the molecule is COc1cccc(NC(=O)N2CCC(Cn3cnc4cc(C)c(C)cc43)CC2)c1OC. The van der Waals surface area contributed by atoms with Crippen LogP contribution < -0.4 is 14.8 Å². The molecule has 1 aromatic heterocycles. The molecule has 31 heavy (non-hydrogen) atoms. The number of likely N-dealkylation sites (tertiary alicyclic amines) is 1. The zero-order valence-electron chi connectivity index (χ0n) is 18.6. The molecule has 1 fully saturated rings. The number of urea groups is 1. The van der Waals surface area contributed by atoms with Gasteiger partial charge in [-0.05, 0) is 68.0 Å². The van der Waals surface area contributed by atoms with Gasteiger partial charge < -0.3 is 24.3 Å². The summed E-state index contributed by atoms with van der Waals surface area (Å²) in [5.74, 6) is 1.65. The fourth-order valence-electron chi connectivity index (χ4n) is 4.24. The Bertz CT molecular complexity index is 1080. The summed E-state index contributed by atoms with van der Waals surface area (Å²) in [6.07, 6.45) is 3.87. The molecule has 1 aliphatic rings. The van der Waals surface area contributed by atoms with Gasteiger partial charge in [0.2, 0.25) is 0 Å². The second-order valence-electron chi connectivity index (χ2n) is 8.22. The predicted octanol–water partition coefficient (Wildman–Crippen LogP) is 4.61. The van der Waals surface area contributed by atoms with Crippen LogP contribution in [-0.2, 0) is 6.54 Å². The van der Waals surface area contributed by atoms with Gasteiger partial charge in [-0.3, -0.25) is 0 Å². The molecule has 2 aromatic carbocycles. The number of rotatable bonds is 5. The minimum absolute atomic E-state index is 0.107. The second-order valence-corrected chi connectivity index (χ2v) is 8.22. The van der Waals surface area contributed by atoms with Crippen molar-refractivity contribution in [3.63, 3.8) is 0 Å². The lowest BCUT2D eigenvalue weighted by Crippen LogP contribution is -2.41. The first-order valence-corrected chi connectivity index (χ1v) is 10.7. The number of amides is 2. The van der Waals surface area contributed by atoms with Gasteiger partial charge in [-0.25, -0.2) is 9.78 Å². The zero-order valence-corrected chi connectivity index (χ0v) is 18.6. The van der Waals surface area contributed by atoms with E-state index in [1.165, 1.54) is 16.6 Å². The zero-order chi connectivity index (χ0) is 22.0. The summed E-state index contributed by atoms with van der Waals surface area (Å²) in [5, 5.41) is 2.97. The van der Waals surface area contributed by atoms with Crippen LogP contribution in [0.1, 0.15) is 24.0 Å². The van der Waals surface area contributed by atoms with Crippen LogP contribution in [0.2, 0.25) is 0 Å². The fourth-order valence-corrected chi connectivity index (χ4v) is 4.24. The molecule has 4 rings (SSSR count). The van der Waals surface area contributed by atoms with Crippen molar-refractivity contribution in [3.05, 3.63) is 47.8 Å². The molecule has 0 spiro atoms. The summed E-state index contributed by atoms with van der Waals surface area (Å²) >= 11 is 0. The van der Waals surface area contributed by atoms with Gasteiger partial charge in [0.25, 0.3) is 0 Å². The standard InChI is InChI=1S/C24H30N4O3/c1-16-12-20-21(13-17(16)2)28(15-25-20)14-18-8-10-27(11-9-18)24(29)26-19-6-5-7-22(30-3)23(19)31-4/h5-7,12-13,15,18H,8-11,14H2,1-4H3,(H,26,29). The molecule has 3 aromatic rings. The molecule has 7 nitrogen and oxygen atoms in total. The van der Waals surface area contributed by atoms with Crippen molar-refractivity contribution in [2.45, 2.75) is 33.2 Å². The lowest BCUT2D eigenvalue weighted by molar-refractivity contribution is 0.177. The first-order chi connectivity index (χ1) is 15.0. The van der Waals surface area contributed by atoms with Gasteiger partial charge in [0, 0.05) is 19.6 Å². The third-order valence-corrected chi connectivity index (χ3v) is 6.24. The maximum atomic E-state index is 12.8. The topological polar surface area (TPSA) is 68.6 Å². The van der Waals surface area contributed by atoms with Crippen LogP contribution in [0.4, 0.5) is 10.5 Å². The Morgan fingerprint density at radius 1 is 1.13 bits per heavy atom. The number of imidazole rings is 1. The number of aryl methyl sites for hydroxylation is 2. The average Bonchev–Trinajstić information content (AvgIpc) is 3.15. The van der Waals surface area contributed by atoms with Gasteiger partial charge in [-0.2, -0.15) is 0 Å². The van der Waals surface area contributed by atoms with Crippen LogP contribution in [0.3, 0.4) is 0 Å². The highest BCUT2D eigenvalue weighted by atomic mass is 16.5. The van der Waals surface area contributed by atoms with Crippen molar-refractivity contribution in [2.24, 2.45) is 5.92 Å². The van der Waals surface area contributed by atoms with Gasteiger partial charge in [-0.1, -0.05) is 6.07 Å². The summed E-state index contributed by atoms with van der Waals surface area (Å²) in [6, 6.07) is 9.73. The van der Waals surface area contributed by atoms with Crippen molar-refractivity contribution < 1.29 is 14.3 Å². The first-order valence-electron chi connectivity index (χ1n) is 10.7. The van der Waals surface area contributed by atoms with E-state index in [0.29, 0.717) is 23.1 Å². The number of anilines is 1. The predicted molar refractivity (Wildman–Crippen MR) is 122 cm³/mol. The molecule has 1 aliphatic heterocycles. The number of ether oxygens (including phenoxy) is 2. The molecule has 0 atom stereocenters. The Labute approximate surface area is 183 Å². The van der Waals surface area contributed by atoms with E-state index in [2.05, 4.69) is 40.8 Å². The Kier molecular flexibility index (Phi) is 6.02. The Hall–Kier alpha value is -3.22. The number of hydrogen-bond acceptors (Lipinski definition) is 4. The maximum Gasteiger partial charge on any atom is 0.321 e. The summed E-state index contributed by atoms with van der Waals surface area (Å²) < 4.78 is 13.0. The highest BCUT2D eigenvalue weighted by molar-refractivity contribution is 5.91. The Balaban J connectivity index is 1.37. The molecule has 0 bridgehead atoms. The van der Waals surface area contributed by atoms with Crippen molar-refractivity contribution in [1.82, 2.24) is 14.5 Å². The number of para-hydroxylation sites is 1. The van der Waals surface area contributed by atoms with Crippen LogP contribution in [0.15, 0.2) is 36.7 Å². The van der Waals surface area contributed by atoms with E-state index in [0.717, 1.165) is 38.0 Å². The number of nitrogens with one attached hydrogen (secondary N) is 1. The fraction of sp³-hybridized carbons (Fsp3) is 0.417. The van der Waals surface area contributed by atoms with E-state index >= 15 is 0 Å². The third-order valence-electron chi connectivity index (χ3n) is 6.24. The van der Waals surface area contributed by atoms with Gasteiger partial charge in [0.15, 0.2) is 11.5 Å². The largest absolute Gasteiger partial charge is 0.493 e. The Morgan fingerprint density at radius 3 is 2.58 bits per heavy atom. The molecule has 164 valence electrons. The average molecular weight is 423 g/mol. The highest BCUT2D eigenvalue weighted by Crippen LogP contribution is 2.35. The number of nitrogens with zero attached hydrogens (tertiary/aromatic N) is 3. The van der Waals surface area contributed by atoms with E-state index in [-0.39, 0.29) is 6.03 Å². The van der Waals surface area contributed by atoms with Gasteiger partial charge >= 0.3 is 6.03 Å². The summed E-state index contributed by atoms with van der Waals surface area (Å²) in [5.41, 5.74) is 5.41. The van der Waals surface area contributed by atoms with E-state index in [4.69, 9.17) is 9.47 Å². The van der Waals surface area contributed by atoms with Crippen LogP contribution in [0.5, 0.6) is 11.5 Å². The number of piperidine rings is 1. The van der Waals surface area contributed by atoms with Gasteiger partial charge in [-0.15, -0.1) is 0 Å². The maximum absolute atomic E-state index is 12.8. The van der Waals surface area contributed by atoms with Crippen molar-refractivity contribution >= 4 is 22.8 Å². The molecular weight excluding hydrogens is 392 g/mol. The molecule has 7 heteroatoms. The molecule has 2 heterocycles. The number of methoxy groups -OCH3 is 2. The van der Waals surface area contributed by atoms with Crippen molar-refractivity contribution in [2.75, 3.05) is 32.6 Å². The molecule has 2 amide bonds. The van der Waals surface area contributed by atoms with Gasteiger partial charge in [0.1, 0.15) is 0 Å². The summed E-state index contributed by atoms with van der Waals surface area (Å²) in [6.45, 7) is 6.65. The minimum atomic E-state index is -0.107. The highest BCUT2D eigenvalue weighted by Gasteiger charge is 2.24. The lowest BCUT2D eigenvalue weighted by Gasteiger charge is -2.32. The first kappa shape index (κ1) is 21.0. The quantitative estimate of drug-likeness (QED) is 0.652. The van der Waals surface area contributed by atoms with Crippen molar-refractivity contribution in [3.8, 4) is 11.5 Å². The summed E-state index contributed by atoms with van der Waals surface area (Å²) in [4.78, 5) is 19.2. The lowest BCUT2D eigenvalue weighted by atomic mass is 9.97. The molecule has 0 radical (unpaired) electrons. The minimum Gasteiger partial charge on any atom is -0.493 e. The van der Waals surface area contributed by atoms with Crippen LogP contribution in [-0.4, -0.2) is 47.8 Å². The van der Waals surface area contributed by atoms with E-state index in [1.807, 2.05) is 29.4 Å². The normalized spacial score (nSPS) is 14.6. The van der Waals surface area contributed by atoms with E-state index < -0.39 is 0 Å². The number of aromatic nitrogens is 2. The molecule has 0 aliphatic carbocycles. The number of carbonyl (C=O) groups is 1. The van der Waals surface area contributed by atoms with E-state index in [1.54, 1.807) is 14.2 Å². The molecule has 1 saturated heterocycles. The van der Waals surface area contributed by atoms with Crippen LogP contribution >= 0.6 is 0 Å². The molecule has 0 saturated carbocycles. The van der Waals surface area contributed by atoms with E-state index in [9.17, 15) is 4.79 Å². The van der Waals surface area contributed by atoms with Gasteiger partial charge in [0.05, 0.1) is 37.3 Å². The van der Waals surface area contributed by atoms with Crippen molar-refractivity contribution in [1.29, 1.82) is 0 Å². The number of fused-ring (bicyclic) bond motifs is 1. The molecule has 0 unspecified atom stereocenters. The smallest absolute Gasteiger partial charge is 0.321 e.